The summed E-state index contributed by atoms with van der Waals surface area (Å²) in [5.41, 5.74) is 2.32. The molecule has 27 heavy (non-hydrogen) atoms. The summed E-state index contributed by atoms with van der Waals surface area (Å²) in [6.45, 7) is 1.44. The highest BCUT2D eigenvalue weighted by molar-refractivity contribution is 6.01. The fourth-order valence-corrected chi connectivity index (χ4v) is 3.04. The number of carboxylic acids is 1. The van der Waals surface area contributed by atoms with Gasteiger partial charge in [-0.25, -0.2) is 4.79 Å². The fourth-order valence-electron chi connectivity index (χ4n) is 3.04. The van der Waals surface area contributed by atoms with Crippen LogP contribution in [0.5, 0.6) is 5.75 Å². The minimum Gasteiger partial charge on any atom is -0.482 e. The van der Waals surface area contributed by atoms with Crippen molar-refractivity contribution in [3.8, 4) is 5.75 Å². The number of carbonyl (C=O) groups is 3. The molecule has 3 N–H and O–H groups in total. The highest BCUT2D eigenvalue weighted by Gasteiger charge is 2.31. The minimum absolute atomic E-state index is 0.109. The first-order valence-electron chi connectivity index (χ1n) is 8.57. The molecule has 0 saturated heterocycles. The molecule has 2 aromatic rings. The van der Waals surface area contributed by atoms with Crippen molar-refractivity contribution in [3.05, 3.63) is 59.7 Å². The Morgan fingerprint density at radius 3 is 2.63 bits per heavy atom. The van der Waals surface area contributed by atoms with Gasteiger partial charge in [-0.1, -0.05) is 30.3 Å². The van der Waals surface area contributed by atoms with Gasteiger partial charge in [0.15, 0.2) is 6.61 Å². The van der Waals surface area contributed by atoms with E-state index >= 15 is 0 Å². The summed E-state index contributed by atoms with van der Waals surface area (Å²) in [7, 11) is 0. The molecule has 1 heterocycles. The average Bonchev–Trinajstić information content (AvgIpc) is 2.65. The van der Waals surface area contributed by atoms with E-state index < -0.39 is 18.5 Å². The number of ether oxygens (including phenoxy) is 1. The number of anilines is 1. The summed E-state index contributed by atoms with van der Waals surface area (Å²) in [4.78, 5) is 35.2. The fraction of sp³-hybridized carbons (Fsp3) is 0.250. The van der Waals surface area contributed by atoms with Crippen LogP contribution in [0.3, 0.4) is 0 Å². The second kappa shape index (κ2) is 7.90. The highest BCUT2D eigenvalue weighted by atomic mass is 16.5. The third kappa shape index (κ3) is 4.44. The normalized spacial score (nSPS) is 16.6. The van der Waals surface area contributed by atoms with Gasteiger partial charge in [0.2, 0.25) is 11.8 Å². The van der Waals surface area contributed by atoms with Gasteiger partial charge in [-0.3, -0.25) is 9.59 Å². The lowest BCUT2D eigenvalue weighted by molar-refractivity contribution is -0.139. The number of nitrogens with one attached hydrogen (secondary N) is 2. The Bertz CT molecular complexity index is 863. The summed E-state index contributed by atoms with van der Waals surface area (Å²) in [5, 5.41) is 14.4. The van der Waals surface area contributed by atoms with Crippen LogP contribution in [-0.4, -0.2) is 29.5 Å². The van der Waals surface area contributed by atoms with E-state index in [2.05, 4.69) is 10.6 Å². The molecule has 0 aromatic heterocycles. The third-order valence-electron chi connectivity index (χ3n) is 4.42. The molecule has 1 aliphatic rings. The largest absolute Gasteiger partial charge is 0.482 e. The zero-order valence-corrected chi connectivity index (χ0v) is 14.8. The van der Waals surface area contributed by atoms with Crippen LogP contribution in [0.25, 0.3) is 0 Å². The molecule has 0 fully saturated rings. The van der Waals surface area contributed by atoms with Gasteiger partial charge < -0.3 is 20.5 Å². The van der Waals surface area contributed by atoms with Crippen molar-refractivity contribution in [2.75, 3.05) is 11.9 Å². The molecule has 1 aliphatic heterocycles. The number of amides is 2. The van der Waals surface area contributed by atoms with E-state index in [9.17, 15) is 14.4 Å². The number of fused-ring (bicyclic) bond motifs is 1. The molecule has 0 radical (unpaired) electrons. The van der Waals surface area contributed by atoms with Gasteiger partial charge in [-0.05, 0) is 36.2 Å². The maximum Gasteiger partial charge on any atom is 0.341 e. The van der Waals surface area contributed by atoms with Crippen LogP contribution >= 0.6 is 0 Å². The topological polar surface area (TPSA) is 105 Å². The lowest BCUT2D eigenvalue weighted by Crippen LogP contribution is -2.36. The molecule has 140 valence electrons. The van der Waals surface area contributed by atoms with E-state index in [1.165, 1.54) is 0 Å². The maximum absolute atomic E-state index is 12.8. The number of rotatable bonds is 6. The Kier molecular flexibility index (Phi) is 5.40. The summed E-state index contributed by atoms with van der Waals surface area (Å²) < 4.78 is 5.10. The Morgan fingerprint density at radius 1 is 1.22 bits per heavy atom. The molecule has 0 saturated carbocycles. The first kappa shape index (κ1) is 18.4. The minimum atomic E-state index is -1.04. The molecular weight excluding hydrogens is 348 g/mol. The highest BCUT2D eigenvalue weighted by Crippen LogP contribution is 2.32. The second-order valence-corrected chi connectivity index (χ2v) is 6.37. The van der Waals surface area contributed by atoms with Crippen molar-refractivity contribution < 1.29 is 24.2 Å². The predicted molar refractivity (Wildman–Crippen MR) is 98.6 cm³/mol. The predicted octanol–water partition coefficient (Wildman–Crippen LogP) is 2.45. The molecule has 2 unspecified atom stereocenters. The van der Waals surface area contributed by atoms with Crippen LogP contribution in [-0.2, 0) is 14.4 Å². The summed E-state index contributed by atoms with van der Waals surface area (Å²) >= 11 is 0. The van der Waals surface area contributed by atoms with Crippen molar-refractivity contribution in [3.63, 3.8) is 0 Å². The number of benzene rings is 2. The van der Waals surface area contributed by atoms with Crippen LogP contribution in [0.2, 0.25) is 0 Å². The second-order valence-electron chi connectivity index (χ2n) is 6.37. The monoisotopic (exact) mass is 368 g/mol. The SMILES string of the molecule is CC(NC(=O)C1CC(=O)Nc2ccccc21)c1ccc(OCC(=O)O)cc1. The summed E-state index contributed by atoms with van der Waals surface area (Å²) in [6.07, 6.45) is 0.109. The van der Waals surface area contributed by atoms with E-state index in [4.69, 9.17) is 9.84 Å². The van der Waals surface area contributed by atoms with Crippen molar-refractivity contribution in [1.29, 1.82) is 0 Å². The number of carboxylic acid groups (broad SMARTS) is 1. The molecule has 0 spiro atoms. The van der Waals surface area contributed by atoms with Crippen LogP contribution in [0.4, 0.5) is 5.69 Å². The van der Waals surface area contributed by atoms with E-state index in [0.717, 1.165) is 11.1 Å². The molecule has 2 aromatic carbocycles. The zero-order valence-electron chi connectivity index (χ0n) is 14.8. The number of aliphatic carboxylic acids is 1. The van der Waals surface area contributed by atoms with Crippen LogP contribution < -0.4 is 15.4 Å². The van der Waals surface area contributed by atoms with Crippen molar-refractivity contribution in [2.45, 2.75) is 25.3 Å². The van der Waals surface area contributed by atoms with E-state index in [1.807, 2.05) is 25.1 Å². The van der Waals surface area contributed by atoms with Gasteiger partial charge in [0.25, 0.3) is 0 Å². The number of para-hydroxylation sites is 1. The molecule has 3 rings (SSSR count). The lowest BCUT2D eigenvalue weighted by Gasteiger charge is -2.26. The molecule has 0 bridgehead atoms. The molecule has 2 amide bonds. The maximum atomic E-state index is 12.8. The Labute approximate surface area is 156 Å². The Hall–Kier alpha value is -3.35. The molecule has 7 heteroatoms. The van der Waals surface area contributed by atoms with Crippen LogP contribution in [0, 0.1) is 0 Å². The van der Waals surface area contributed by atoms with Gasteiger partial charge in [0, 0.05) is 12.1 Å². The van der Waals surface area contributed by atoms with Gasteiger partial charge in [0.1, 0.15) is 5.75 Å². The van der Waals surface area contributed by atoms with Crippen LogP contribution in [0.15, 0.2) is 48.5 Å². The van der Waals surface area contributed by atoms with Gasteiger partial charge in [-0.2, -0.15) is 0 Å². The molecule has 7 nitrogen and oxygen atoms in total. The lowest BCUT2D eigenvalue weighted by atomic mass is 9.89. The van der Waals surface area contributed by atoms with Gasteiger partial charge in [-0.15, -0.1) is 0 Å². The standard InChI is InChI=1S/C20H20N2O5/c1-12(13-6-8-14(9-7-13)27-11-19(24)25)21-20(26)16-10-18(23)22-17-5-3-2-4-15(16)17/h2-9,12,16H,10-11H2,1H3,(H,21,26)(H,22,23)(H,24,25). The molecular formula is C20H20N2O5. The number of hydrogen-bond acceptors (Lipinski definition) is 4. The molecule has 0 aliphatic carbocycles. The zero-order chi connectivity index (χ0) is 19.4. The van der Waals surface area contributed by atoms with E-state index in [-0.39, 0.29) is 24.3 Å². The van der Waals surface area contributed by atoms with Crippen LogP contribution in [0.1, 0.15) is 36.4 Å². The van der Waals surface area contributed by atoms with Gasteiger partial charge in [0.05, 0.1) is 12.0 Å². The third-order valence-corrected chi connectivity index (χ3v) is 4.42. The summed E-state index contributed by atoms with van der Waals surface area (Å²) in [5.74, 6) is -1.53. The first-order chi connectivity index (χ1) is 12.9. The number of hydrogen-bond donors (Lipinski definition) is 3. The van der Waals surface area contributed by atoms with Crippen molar-refractivity contribution in [1.82, 2.24) is 5.32 Å². The smallest absolute Gasteiger partial charge is 0.341 e. The average molecular weight is 368 g/mol. The van der Waals surface area contributed by atoms with Crippen molar-refractivity contribution >= 4 is 23.5 Å². The quantitative estimate of drug-likeness (QED) is 0.726. The summed E-state index contributed by atoms with van der Waals surface area (Å²) in [6, 6.07) is 13.9. The number of carbonyl (C=O) groups excluding carboxylic acids is 2. The first-order valence-corrected chi connectivity index (χ1v) is 8.57. The van der Waals surface area contributed by atoms with Crippen molar-refractivity contribution in [2.24, 2.45) is 0 Å². The Balaban J connectivity index is 1.67. The molecule has 2 atom stereocenters. The van der Waals surface area contributed by atoms with E-state index in [0.29, 0.717) is 11.4 Å². The Morgan fingerprint density at radius 2 is 1.93 bits per heavy atom. The van der Waals surface area contributed by atoms with E-state index in [1.54, 1.807) is 30.3 Å². The van der Waals surface area contributed by atoms with Gasteiger partial charge >= 0.3 is 5.97 Å².